The van der Waals surface area contributed by atoms with E-state index in [4.69, 9.17) is 5.73 Å². The molecule has 3 unspecified atom stereocenters. The minimum Gasteiger partial charge on any atom is -0.480 e. The molecule has 3 N–H and O–H groups in total. The molecule has 0 spiro atoms. The van der Waals surface area contributed by atoms with Gasteiger partial charge in [-0.2, -0.15) is 0 Å². The van der Waals surface area contributed by atoms with E-state index in [1.807, 2.05) is 0 Å². The van der Waals surface area contributed by atoms with Crippen LogP contribution in [0.2, 0.25) is 0 Å². The third-order valence-corrected chi connectivity index (χ3v) is 6.03. The predicted molar refractivity (Wildman–Crippen MR) is 111 cm³/mol. The Kier molecular flexibility index (Phi) is 11.0. The van der Waals surface area contributed by atoms with Crippen LogP contribution in [0.5, 0.6) is 0 Å². The van der Waals surface area contributed by atoms with Gasteiger partial charge in [-0.15, -0.1) is 0 Å². The first kappa shape index (κ1) is 23.2. The van der Waals surface area contributed by atoms with Gasteiger partial charge in [-0.3, -0.25) is 14.6 Å². The van der Waals surface area contributed by atoms with Gasteiger partial charge in [0.15, 0.2) is 0 Å². The maximum absolute atomic E-state index is 11.9. The van der Waals surface area contributed by atoms with Gasteiger partial charge in [0, 0.05) is 45.8 Å². The number of fused-ring (bicyclic) bond motifs is 3. The number of rotatable bonds is 8. The van der Waals surface area contributed by atoms with Crippen molar-refractivity contribution in [2.24, 2.45) is 5.73 Å². The molecule has 0 amide bonds. The van der Waals surface area contributed by atoms with E-state index < -0.39 is 12.0 Å². The van der Waals surface area contributed by atoms with Crippen LogP contribution in [0.25, 0.3) is 0 Å². The maximum Gasteiger partial charge on any atom is 0.320 e. The van der Waals surface area contributed by atoms with E-state index in [1.54, 1.807) is 0 Å². The van der Waals surface area contributed by atoms with E-state index in [1.165, 1.54) is 0 Å². The molecule has 0 saturated carbocycles. The van der Waals surface area contributed by atoms with Crippen molar-refractivity contribution in [1.29, 1.82) is 0 Å². The average molecular weight is 398 g/mol. The van der Waals surface area contributed by atoms with Gasteiger partial charge in [0.25, 0.3) is 0 Å². The largest absolute Gasteiger partial charge is 0.480 e. The lowest BCUT2D eigenvalue weighted by Crippen LogP contribution is -2.50. The Morgan fingerprint density at radius 1 is 0.893 bits per heavy atom. The fraction of sp³-hybridized carbons (Fsp3) is 0.900. The molecular weight excluding hydrogens is 358 g/mol. The molecule has 0 radical (unpaired) electrons. The standard InChI is InChI=1S/C20H39N5O3/c21-6-2-1-5-19(20(27)28)25-10-4-9-22-11-12-23(15-16-25)7-3-8-24(14-13-22)17-18-26/h18-19H,1-17,21H2,(H,27,28). The maximum atomic E-state index is 11.9. The molecule has 0 aromatic carbocycles. The topological polar surface area (TPSA) is 93.3 Å². The summed E-state index contributed by atoms with van der Waals surface area (Å²) in [5.74, 6) is -0.705. The van der Waals surface area contributed by atoms with Crippen molar-refractivity contribution in [3.63, 3.8) is 0 Å². The van der Waals surface area contributed by atoms with Crippen molar-refractivity contribution < 1.29 is 14.7 Å². The van der Waals surface area contributed by atoms with Crippen LogP contribution in [-0.4, -0.2) is 122 Å². The lowest BCUT2D eigenvalue weighted by molar-refractivity contribution is -0.143. The molecule has 2 bridgehead atoms. The van der Waals surface area contributed by atoms with Gasteiger partial charge < -0.3 is 25.4 Å². The predicted octanol–water partition coefficient (Wildman–Crippen LogP) is -0.217. The van der Waals surface area contributed by atoms with E-state index in [2.05, 4.69) is 19.6 Å². The number of aliphatic carboxylic acids is 1. The molecule has 0 aliphatic carbocycles. The Bertz CT molecular complexity index is 465. The highest BCUT2D eigenvalue weighted by molar-refractivity contribution is 5.73. The van der Waals surface area contributed by atoms with E-state index in [9.17, 15) is 14.7 Å². The van der Waals surface area contributed by atoms with Crippen molar-refractivity contribution in [2.75, 3.05) is 78.5 Å². The third kappa shape index (κ3) is 8.13. The summed E-state index contributed by atoms with van der Waals surface area (Å²) in [6.07, 6.45) is 5.46. The molecule has 0 aromatic heterocycles. The highest BCUT2D eigenvalue weighted by Gasteiger charge is 2.26. The number of aldehydes is 1. The minimum atomic E-state index is -0.705. The fourth-order valence-corrected chi connectivity index (χ4v) is 4.29. The second-order valence-electron chi connectivity index (χ2n) is 8.03. The summed E-state index contributed by atoms with van der Waals surface area (Å²) in [5.41, 5.74) is 5.59. The summed E-state index contributed by atoms with van der Waals surface area (Å²) < 4.78 is 0. The normalized spacial score (nSPS) is 27.2. The molecule has 28 heavy (non-hydrogen) atoms. The van der Waals surface area contributed by atoms with E-state index >= 15 is 0 Å². The molecule has 2 aliphatic heterocycles. The summed E-state index contributed by atoms with van der Waals surface area (Å²) in [6, 6.07) is -0.405. The second-order valence-corrected chi connectivity index (χ2v) is 8.03. The van der Waals surface area contributed by atoms with Crippen LogP contribution in [0.1, 0.15) is 32.1 Å². The monoisotopic (exact) mass is 397 g/mol. The van der Waals surface area contributed by atoms with Crippen LogP contribution in [-0.2, 0) is 9.59 Å². The van der Waals surface area contributed by atoms with E-state index in [0.29, 0.717) is 19.5 Å². The lowest BCUT2D eigenvalue weighted by Gasteiger charge is -2.37. The van der Waals surface area contributed by atoms with Gasteiger partial charge in [-0.25, -0.2) is 0 Å². The molecule has 2 fully saturated rings. The van der Waals surface area contributed by atoms with Crippen LogP contribution in [0.15, 0.2) is 0 Å². The van der Waals surface area contributed by atoms with Crippen molar-refractivity contribution in [2.45, 2.75) is 38.1 Å². The smallest absolute Gasteiger partial charge is 0.320 e. The van der Waals surface area contributed by atoms with Gasteiger partial charge in [0.1, 0.15) is 12.3 Å². The third-order valence-electron chi connectivity index (χ3n) is 6.03. The molecule has 0 aromatic rings. The van der Waals surface area contributed by atoms with E-state index in [0.717, 1.165) is 97.4 Å². The first-order chi connectivity index (χ1) is 13.6. The summed E-state index contributed by atoms with van der Waals surface area (Å²) in [7, 11) is 0. The average Bonchev–Trinajstić information content (AvgIpc) is 2.68. The van der Waals surface area contributed by atoms with Crippen LogP contribution < -0.4 is 5.73 Å². The molecule has 2 saturated heterocycles. The van der Waals surface area contributed by atoms with Crippen molar-refractivity contribution in [1.82, 2.24) is 19.6 Å². The molecule has 2 rings (SSSR count). The van der Waals surface area contributed by atoms with Crippen LogP contribution >= 0.6 is 0 Å². The number of carboxylic acids is 1. The Hall–Kier alpha value is -1.06. The number of nitrogens with two attached hydrogens (primary N) is 1. The number of hydrogen-bond donors (Lipinski definition) is 2. The summed E-state index contributed by atoms with van der Waals surface area (Å²) in [5, 5.41) is 9.78. The van der Waals surface area contributed by atoms with Crippen LogP contribution in [0, 0.1) is 0 Å². The number of unbranched alkanes of at least 4 members (excludes halogenated alkanes) is 1. The van der Waals surface area contributed by atoms with Crippen molar-refractivity contribution >= 4 is 12.3 Å². The first-order valence-electron chi connectivity index (χ1n) is 10.9. The molecule has 2 aliphatic rings. The molecule has 162 valence electrons. The lowest BCUT2D eigenvalue weighted by atomic mass is 10.1. The number of carbonyl (C=O) groups is 2. The number of carboxylic acid groups (broad SMARTS) is 1. The molecule has 3 atom stereocenters. The van der Waals surface area contributed by atoms with Crippen LogP contribution in [0.4, 0.5) is 0 Å². The van der Waals surface area contributed by atoms with Crippen LogP contribution in [0.3, 0.4) is 0 Å². The van der Waals surface area contributed by atoms with Gasteiger partial charge in [0.05, 0.1) is 6.54 Å². The molecule has 8 heteroatoms. The van der Waals surface area contributed by atoms with Gasteiger partial charge in [0.2, 0.25) is 0 Å². The minimum absolute atomic E-state index is 0.405. The summed E-state index contributed by atoms with van der Waals surface area (Å²) in [4.78, 5) is 32.2. The highest BCUT2D eigenvalue weighted by atomic mass is 16.4. The zero-order valence-corrected chi connectivity index (χ0v) is 17.3. The van der Waals surface area contributed by atoms with Crippen molar-refractivity contribution in [3.05, 3.63) is 0 Å². The van der Waals surface area contributed by atoms with Gasteiger partial charge in [-0.1, -0.05) is 6.42 Å². The zero-order chi connectivity index (χ0) is 20.2. The second kappa shape index (κ2) is 13.2. The highest BCUT2D eigenvalue weighted by Crippen LogP contribution is 2.13. The molecular formula is C20H39N5O3. The van der Waals surface area contributed by atoms with Gasteiger partial charge in [-0.05, 0) is 51.9 Å². The zero-order valence-electron chi connectivity index (χ0n) is 17.3. The summed E-state index contributed by atoms with van der Waals surface area (Å²) >= 11 is 0. The number of nitrogens with zero attached hydrogens (tertiary/aromatic N) is 4. The SMILES string of the molecule is NCCCCC(C(=O)O)N1CCCN2CCN(CC=O)CCCN(CC2)CC1. The molecule has 8 nitrogen and oxygen atoms in total. The number of hydrogen-bond acceptors (Lipinski definition) is 7. The first-order valence-corrected chi connectivity index (χ1v) is 10.9. The Balaban J connectivity index is 2.01. The summed E-state index contributed by atoms with van der Waals surface area (Å²) in [6.45, 7) is 10.6. The quantitative estimate of drug-likeness (QED) is 0.429. The Morgan fingerprint density at radius 3 is 2.18 bits per heavy atom. The fourth-order valence-electron chi connectivity index (χ4n) is 4.29. The Morgan fingerprint density at radius 2 is 1.54 bits per heavy atom. The number of carbonyl (C=O) groups excluding carboxylic acids is 1. The Labute approximate surface area is 169 Å². The van der Waals surface area contributed by atoms with Crippen molar-refractivity contribution in [3.8, 4) is 0 Å². The van der Waals surface area contributed by atoms with Gasteiger partial charge >= 0.3 is 5.97 Å². The molecule has 2 heterocycles. The van der Waals surface area contributed by atoms with E-state index in [-0.39, 0.29) is 0 Å².